The Bertz CT molecular complexity index is 385. The molecule has 0 amide bonds. The van der Waals surface area contributed by atoms with Crippen molar-refractivity contribution in [3.63, 3.8) is 0 Å². The van der Waals surface area contributed by atoms with E-state index < -0.39 is 12.0 Å². The van der Waals surface area contributed by atoms with Crippen LogP contribution in [0.2, 0.25) is 0 Å². The fraction of sp³-hybridized carbons (Fsp3) is 0.300. The number of nitrogens with two attached hydrogens (primary N) is 1. The van der Waals surface area contributed by atoms with Crippen LogP contribution >= 0.6 is 15.9 Å². The molecule has 5 nitrogen and oxygen atoms in total. The molecule has 6 heteroatoms. The van der Waals surface area contributed by atoms with E-state index in [9.17, 15) is 9.90 Å². The zero-order valence-corrected chi connectivity index (χ0v) is 10.2. The van der Waals surface area contributed by atoms with Gasteiger partial charge in [0.15, 0.2) is 11.5 Å². The van der Waals surface area contributed by atoms with Gasteiger partial charge in [0.1, 0.15) is 6.04 Å². The normalized spacial score (nSPS) is 12.2. The Morgan fingerprint density at radius 3 is 2.69 bits per heavy atom. The van der Waals surface area contributed by atoms with Crippen LogP contribution in [0, 0.1) is 0 Å². The van der Waals surface area contributed by atoms with E-state index >= 15 is 0 Å². The fourth-order valence-electron chi connectivity index (χ4n) is 1.29. The molecule has 0 saturated carbocycles. The Morgan fingerprint density at radius 1 is 1.62 bits per heavy atom. The van der Waals surface area contributed by atoms with E-state index in [0.29, 0.717) is 15.8 Å². The number of ether oxygens (including phenoxy) is 1. The van der Waals surface area contributed by atoms with Gasteiger partial charge >= 0.3 is 5.97 Å². The standard InChI is InChI=1S/C10H12BrNO4/c1-16-9-6(11)2-5(4-8(9)13)3-7(12)10(14)15/h2,4,7,13H,3,12H2,1H3,(H,14,15)/t7-/m0/s1. The minimum absolute atomic E-state index is 0.0514. The molecule has 0 radical (unpaired) electrons. The molecule has 0 aromatic heterocycles. The van der Waals surface area contributed by atoms with Crippen LogP contribution in [0.4, 0.5) is 0 Å². The van der Waals surface area contributed by atoms with Gasteiger partial charge in [-0.3, -0.25) is 4.79 Å². The average molecular weight is 290 g/mol. The lowest BCUT2D eigenvalue weighted by atomic mass is 10.1. The number of hydrogen-bond acceptors (Lipinski definition) is 4. The predicted octanol–water partition coefficient (Wildman–Crippen LogP) is 1.12. The van der Waals surface area contributed by atoms with E-state index in [0.717, 1.165) is 0 Å². The highest BCUT2D eigenvalue weighted by atomic mass is 79.9. The summed E-state index contributed by atoms with van der Waals surface area (Å²) in [5.41, 5.74) is 6.02. The van der Waals surface area contributed by atoms with E-state index in [1.807, 2.05) is 0 Å². The topological polar surface area (TPSA) is 92.8 Å². The van der Waals surface area contributed by atoms with Crippen LogP contribution in [0.3, 0.4) is 0 Å². The Kier molecular flexibility index (Phi) is 4.14. The molecule has 1 atom stereocenters. The first-order valence-corrected chi connectivity index (χ1v) is 5.28. The van der Waals surface area contributed by atoms with Crippen molar-refractivity contribution in [2.75, 3.05) is 7.11 Å². The molecule has 0 aliphatic rings. The van der Waals surface area contributed by atoms with E-state index in [1.165, 1.54) is 13.2 Å². The zero-order chi connectivity index (χ0) is 12.3. The van der Waals surface area contributed by atoms with Gasteiger partial charge in [0.05, 0.1) is 11.6 Å². The van der Waals surface area contributed by atoms with Crippen molar-refractivity contribution >= 4 is 21.9 Å². The number of carboxylic acid groups (broad SMARTS) is 1. The first kappa shape index (κ1) is 12.8. The van der Waals surface area contributed by atoms with Crippen molar-refractivity contribution in [1.29, 1.82) is 0 Å². The van der Waals surface area contributed by atoms with Crippen LogP contribution in [0.15, 0.2) is 16.6 Å². The number of hydrogen-bond donors (Lipinski definition) is 3. The van der Waals surface area contributed by atoms with Crippen molar-refractivity contribution in [3.8, 4) is 11.5 Å². The summed E-state index contributed by atoms with van der Waals surface area (Å²) in [6.07, 6.45) is 0.144. The maximum atomic E-state index is 10.6. The molecular weight excluding hydrogens is 278 g/mol. The number of carbonyl (C=O) groups is 1. The van der Waals surface area contributed by atoms with Crippen molar-refractivity contribution in [2.45, 2.75) is 12.5 Å². The Morgan fingerprint density at radius 2 is 2.25 bits per heavy atom. The molecule has 1 aromatic rings. The number of rotatable bonds is 4. The van der Waals surface area contributed by atoms with Crippen molar-refractivity contribution < 1.29 is 19.7 Å². The highest BCUT2D eigenvalue weighted by Crippen LogP contribution is 2.35. The van der Waals surface area contributed by atoms with Gasteiger partial charge in [-0.25, -0.2) is 0 Å². The van der Waals surface area contributed by atoms with Crippen LogP contribution in [-0.2, 0) is 11.2 Å². The molecule has 1 aromatic carbocycles. The van der Waals surface area contributed by atoms with Gasteiger partial charge in [0.25, 0.3) is 0 Å². The van der Waals surface area contributed by atoms with Crippen LogP contribution < -0.4 is 10.5 Å². The summed E-state index contributed by atoms with van der Waals surface area (Å²) in [7, 11) is 1.43. The quantitative estimate of drug-likeness (QED) is 0.772. The highest BCUT2D eigenvalue weighted by Gasteiger charge is 2.15. The second-order valence-electron chi connectivity index (χ2n) is 3.28. The number of aromatic hydroxyl groups is 1. The number of methoxy groups -OCH3 is 1. The summed E-state index contributed by atoms with van der Waals surface area (Å²) in [6.45, 7) is 0. The van der Waals surface area contributed by atoms with Crippen LogP contribution in [0.1, 0.15) is 5.56 Å². The number of benzene rings is 1. The van der Waals surface area contributed by atoms with Crippen LogP contribution in [-0.4, -0.2) is 29.3 Å². The number of carboxylic acids is 1. The lowest BCUT2D eigenvalue weighted by Crippen LogP contribution is -2.32. The van der Waals surface area contributed by atoms with Gasteiger partial charge in [-0.05, 0) is 40.0 Å². The lowest BCUT2D eigenvalue weighted by Gasteiger charge is -2.10. The zero-order valence-electron chi connectivity index (χ0n) is 8.61. The minimum atomic E-state index is -1.08. The third-order valence-corrected chi connectivity index (χ3v) is 2.65. The smallest absolute Gasteiger partial charge is 0.320 e. The molecule has 0 aliphatic heterocycles. The second-order valence-corrected chi connectivity index (χ2v) is 4.13. The van der Waals surface area contributed by atoms with E-state index in [2.05, 4.69) is 15.9 Å². The highest BCUT2D eigenvalue weighted by molar-refractivity contribution is 9.10. The summed E-state index contributed by atoms with van der Waals surface area (Å²) in [4.78, 5) is 10.6. The molecule has 16 heavy (non-hydrogen) atoms. The number of halogens is 1. The maximum Gasteiger partial charge on any atom is 0.320 e. The summed E-state index contributed by atoms with van der Waals surface area (Å²) in [5, 5.41) is 18.2. The molecule has 4 N–H and O–H groups in total. The SMILES string of the molecule is COc1c(O)cc(C[C@H](N)C(=O)O)cc1Br. The van der Waals surface area contributed by atoms with Gasteiger partial charge < -0.3 is 20.7 Å². The van der Waals surface area contributed by atoms with Crippen LogP contribution in [0.25, 0.3) is 0 Å². The summed E-state index contributed by atoms with van der Waals surface area (Å²) in [6, 6.07) is 2.12. The molecule has 0 heterocycles. The molecule has 0 unspecified atom stereocenters. The van der Waals surface area contributed by atoms with E-state index in [-0.39, 0.29) is 12.2 Å². The summed E-state index contributed by atoms with van der Waals surface area (Å²) in [5.74, 6) is -0.816. The summed E-state index contributed by atoms with van der Waals surface area (Å²) < 4.78 is 5.50. The molecule has 0 aliphatic carbocycles. The lowest BCUT2D eigenvalue weighted by molar-refractivity contribution is -0.138. The Labute approximate surface area is 101 Å². The first-order chi connectivity index (χ1) is 7.45. The molecule has 88 valence electrons. The number of phenols is 1. The van der Waals surface area contributed by atoms with Gasteiger partial charge in [-0.2, -0.15) is 0 Å². The van der Waals surface area contributed by atoms with Crippen molar-refractivity contribution in [1.82, 2.24) is 0 Å². The molecular formula is C10H12BrNO4. The van der Waals surface area contributed by atoms with E-state index in [1.54, 1.807) is 6.07 Å². The largest absolute Gasteiger partial charge is 0.504 e. The third kappa shape index (κ3) is 2.86. The second kappa shape index (κ2) is 5.18. The monoisotopic (exact) mass is 289 g/mol. The summed E-state index contributed by atoms with van der Waals surface area (Å²) >= 11 is 3.21. The minimum Gasteiger partial charge on any atom is -0.504 e. The van der Waals surface area contributed by atoms with Gasteiger partial charge in [-0.1, -0.05) is 0 Å². The van der Waals surface area contributed by atoms with E-state index in [4.69, 9.17) is 15.6 Å². The Hall–Kier alpha value is -1.27. The third-order valence-electron chi connectivity index (χ3n) is 2.06. The molecule has 0 saturated heterocycles. The average Bonchev–Trinajstić information content (AvgIpc) is 2.16. The molecule has 0 fully saturated rings. The fourth-order valence-corrected chi connectivity index (χ4v) is 1.95. The molecule has 0 spiro atoms. The molecule has 1 rings (SSSR count). The maximum absolute atomic E-state index is 10.6. The Balaban J connectivity index is 2.96. The first-order valence-electron chi connectivity index (χ1n) is 4.49. The van der Waals surface area contributed by atoms with Crippen LogP contribution in [0.5, 0.6) is 11.5 Å². The van der Waals surface area contributed by atoms with Gasteiger partial charge in [-0.15, -0.1) is 0 Å². The predicted molar refractivity (Wildman–Crippen MR) is 61.7 cm³/mol. The van der Waals surface area contributed by atoms with Crippen molar-refractivity contribution in [3.05, 3.63) is 22.2 Å². The van der Waals surface area contributed by atoms with Crippen molar-refractivity contribution in [2.24, 2.45) is 5.73 Å². The number of phenolic OH excluding ortho intramolecular Hbond substituents is 1. The molecule has 0 bridgehead atoms. The van der Waals surface area contributed by atoms with Gasteiger partial charge in [0, 0.05) is 0 Å². The number of aliphatic carboxylic acids is 1. The van der Waals surface area contributed by atoms with Gasteiger partial charge in [0.2, 0.25) is 0 Å².